The summed E-state index contributed by atoms with van der Waals surface area (Å²) in [5.74, 6) is 0.470. The van der Waals surface area contributed by atoms with E-state index in [4.69, 9.17) is 9.90 Å². The van der Waals surface area contributed by atoms with Gasteiger partial charge in [-0.05, 0) is 57.5 Å². The van der Waals surface area contributed by atoms with Crippen molar-refractivity contribution >= 4 is 39.3 Å². The lowest BCUT2D eigenvalue weighted by atomic mass is 10.1. The smallest absolute Gasteiger partial charge is 0.227 e. The van der Waals surface area contributed by atoms with Gasteiger partial charge in [0.05, 0.1) is 19.4 Å². The van der Waals surface area contributed by atoms with Gasteiger partial charge in [-0.15, -0.1) is 0 Å². The molecule has 0 N–H and O–H groups in total. The predicted octanol–water partition coefficient (Wildman–Crippen LogP) is 5.32. The van der Waals surface area contributed by atoms with Crippen molar-refractivity contribution in [2.24, 2.45) is 0 Å². The Labute approximate surface area is 163 Å². The second-order valence-corrected chi connectivity index (χ2v) is 6.94. The molecule has 136 valence electrons. The van der Waals surface area contributed by atoms with Gasteiger partial charge in [-0.2, -0.15) is 0 Å². The molecule has 0 radical (unpaired) electrons. The number of hydrogen-bond acceptors (Lipinski definition) is 5. The molecule has 0 saturated carbocycles. The highest BCUT2D eigenvalue weighted by molar-refractivity contribution is 6.09. The number of anilines is 3. The first-order valence-electron chi connectivity index (χ1n) is 10.9. The van der Waals surface area contributed by atoms with Crippen LogP contribution in [-0.2, 0) is 0 Å². The van der Waals surface area contributed by atoms with E-state index in [1.54, 1.807) is 6.20 Å². The zero-order valence-corrected chi connectivity index (χ0v) is 15.4. The van der Waals surface area contributed by atoms with Gasteiger partial charge in [0.1, 0.15) is 0 Å². The number of aromatic nitrogens is 2. The van der Waals surface area contributed by atoms with Crippen LogP contribution in [-0.4, -0.2) is 22.7 Å². The molecule has 0 spiro atoms. The number of rotatable bonds is 2. The van der Waals surface area contributed by atoms with Gasteiger partial charge in [0.25, 0.3) is 0 Å². The van der Waals surface area contributed by atoms with E-state index in [2.05, 4.69) is 9.97 Å². The third-order valence-electron chi connectivity index (χ3n) is 5.09. The topological polar surface area (TPSA) is 45.4 Å². The summed E-state index contributed by atoms with van der Waals surface area (Å²) in [5, 5.41) is 1.87. The number of aryl methyl sites for hydroxylation is 2. The monoisotopic (exact) mass is 362 g/mol. The van der Waals surface area contributed by atoms with Crippen LogP contribution < -0.4 is 9.80 Å². The normalized spacial score (nSPS) is 18.8. The number of pyridine rings is 2. The Morgan fingerprint density at radius 2 is 2.04 bits per heavy atom. The molecule has 0 aliphatic carbocycles. The summed E-state index contributed by atoms with van der Waals surface area (Å²) >= 11 is 0. The van der Waals surface area contributed by atoms with Gasteiger partial charge in [-0.25, -0.2) is 9.97 Å². The molecule has 27 heavy (non-hydrogen) atoms. The first kappa shape index (κ1) is 12.3. The Morgan fingerprint density at radius 1 is 1.19 bits per heavy atom. The van der Waals surface area contributed by atoms with Gasteiger partial charge in [-0.1, -0.05) is 12.1 Å². The van der Waals surface area contributed by atoms with Crippen molar-refractivity contribution in [1.82, 2.24) is 9.97 Å². The Kier molecular flexibility index (Phi) is 2.61. The SMILES string of the molecule is [2H]C([2H])([2H])C([2H])(C)N1CN(c2c(C)ccc3c2oc2nc(C)ccc23)c2cccnc21. The highest BCUT2D eigenvalue weighted by Gasteiger charge is 2.32. The summed E-state index contributed by atoms with van der Waals surface area (Å²) < 4.78 is 38.6. The van der Waals surface area contributed by atoms with Crippen LogP contribution >= 0.6 is 0 Å². The van der Waals surface area contributed by atoms with Crippen LogP contribution in [0.2, 0.25) is 0 Å². The van der Waals surface area contributed by atoms with Crippen molar-refractivity contribution in [3.63, 3.8) is 0 Å². The van der Waals surface area contributed by atoms with E-state index in [-0.39, 0.29) is 6.67 Å². The molecule has 1 atom stereocenters. The minimum atomic E-state index is -2.51. The maximum atomic E-state index is 8.65. The molecule has 0 fully saturated rings. The van der Waals surface area contributed by atoms with E-state index in [0.29, 0.717) is 17.1 Å². The minimum absolute atomic E-state index is 0.175. The van der Waals surface area contributed by atoms with Crippen LogP contribution in [0, 0.1) is 13.8 Å². The van der Waals surface area contributed by atoms with Crippen molar-refractivity contribution in [2.75, 3.05) is 16.5 Å². The fourth-order valence-corrected chi connectivity index (χ4v) is 3.78. The molecule has 5 heteroatoms. The summed E-state index contributed by atoms with van der Waals surface area (Å²) in [6.07, 6.45) is 1.62. The Morgan fingerprint density at radius 3 is 2.89 bits per heavy atom. The van der Waals surface area contributed by atoms with Gasteiger partial charge in [0.15, 0.2) is 11.4 Å². The molecule has 5 nitrogen and oxygen atoms in total. The predicted molar refractivity (Wildman–Crippen MR) is 110 cm³/mol. The van der Waals surface area contributed by atoms with Crippen LogP contribution in [0.15, 0.2) is 47.0 Å². The molecule has 0 bridgehead atoms. The summed E-state index contributed by atoms with van der Waals surface area (Å²) in [7, 11) is 0. The number of furan rings is 1. The molecule has 1 aliphatic rings. The van der Waals surface area contributed by atoms with Crippen LogP contribution in [0.1, 0.15) is 30.5 Å². The van der Waals surface area contributed by atoms with Crippen molar-refractivity contribution in [3.05, 3.63) is 53.9 Å². The van der Waals surface area contributed by atoms with Crippen LogP contribution in [0.25, 0.3) is 22.1 Å². The molecule has 0 amide bonds. The highest BCUT2D eigenvalue weighted by Crippen LogP contribution is 2.45. The third-order valence-corrected chi connectivity index (χ3v) is 5.09. The quantitative estimate of drug-likeness (QED) is 0.483. The molecule has 1 aromatic carbocycles. The lowest BCUT2D eigenvalue weighted by Crippen LogP contribution is -2.34. The van der Waals surface area contributed by atoms with Crippen LogP contribution in [0.5, 0.6) is 0 Å². The average molecular weight is 362 g/mol. The van der Waals surface area contributed by atoms with E-state index in [1.165, 1.54) is 11.8 Å². The molecule has 0 saturated heterocycles. The second-order valence-electron chi connectivity index (χ2n) is 6.94. The van der Waals surface area contributed by atoms with E-state index in [9.17, 15) is 0 Å². The maximum absolute atomic E-state index is 8.65. The van der Waals surface area contributed by atoms with Gasteiger partial charge in [0, 0.05) is 32.8 Å². The van der Waals surface area contributed by atoms with Crippen molar-refractivity contribution < 1.29 is 9.90 Å². The second kappa shape index (κ2) is 5.71. The maximum Gasteiger partial charge on any atom is 0.227 e. The van der Waals surface area contributed by atoms with E-state index >= 15 is 0 Å². The van der Waals surface area contributed by atoms with Gasteiger partial charge >= 0.3 is 0 Å². The lowest BCUT2D eigenvalue weighted by Gasteiger charge is -2.25. The highest BCUT2D eigenvalue weighted by atomic mass is 16.3. The molecular formula is C22H22N4O. The fraction of sp³-hybridized carbons (Fsp3) is 0.273. The van der Waals surface area contributed by atoms with Crippen LogP contribution in [0.4, 0.5) is 17.2 Å². The molecule has 3 aromatic heterocycles. The third kappa shape index (κ3) is 2.31. The zero-order valence-electron chi connectivity index (χ0n) is 19.4. The van der Waals surface area contributed by atoms with Gasteiger partial charge < -0.3 is 14.2 Å². The van der Waals surface area contributed by atoms with Crippen molar-refractivity contribution in [1.29, 1.82) is 0 Å². The first-order chi connectivity index (χ1) is 14.6. The zero-order chi connectivity index (χ0) is 22.1. The Hall–Kier alpha value is -3.08. The minimum Gasteiger partial charge on any atom is -0.435 e. The Bertz CT molecular complexity index is 1330. The molecule has 4 heterocycles. The molecule has 4 aromatic rings. The summed E-state index contributed by atoms with van der Waals surface area (Å²) in [4.78, 5) is 12.5. The fourth-order valence-electron chi connectivity index (χ4n) is 3.78. The van der Waals surface area contributed by atoms with Crippen LogP contribution in [0.3, 0.4) is 0 Å². The van der Waals surface area contributed by atoms with E-state index < -0.39 is 12.9 Å². The standard InChI is InChI=1S/C22H22N4O/c1-13(2)25-12-26(18-6-5-11-23-21(18)25)19-14(3)7-9-16-17-10-8-15(4)24-22(17)27-20(16)19/h5-11,13H,12H2,1-4H3/i1D3,13D. The van der Waals surface area contributed by atoms with E-state index in [0.717, 1.165) is 33.4 Å². The van der Waals surface area contributed by atoms with Crippen molar-refractivity contribution in [2.45, 2.75) is 33.6 Å². The lowest BCUT2D eigenvalue weighted by molar-refractivity contribution is 0.649. The summed E-state index contributed by atoms with van der Waals surface area (Å²) in [6, 6.07) is 9.85. The first-order valence-corrected chi connectivity index (χ1v) is 8.89. The average Bonchev–Trinajstić information content (AvgIpc) is 3.25. The Balaban J connectivity index is 1.74. The molecule has 1 aliphatic heterocycles. The number of hydrogen-bond donors (Lipinski definition) is 0. The van der Waals surface area contributed by atoms with Gasteiger partial charge in [0.2, 0.25) is 5.71 Å². The van der Waals surface area contributed by atoms with Gasteiger partial charge in [-0.3, -0.25) is 0 Å². The molecule has 5 rings (SSSR count). The molecular weight excluding hydrogens is 336 g/mol. The summed E-state index contributed by atoms with van der Waals surface area (Å²) in [5.41, 5.74) is 4.66. The largest absolute Gasteiger partial charge is 0.435 e. The number of nitrogens with zero attached hydrogens (tertiary/aromatic N) is 4. The molecule has 1 unspecified atom stereocenters. The van der Waals surface area contributed by atoms with E-state index in [1.807, 2.05) is 55.1 Å². The summed E-state index contributed by atoms with van der Waals surface area (Å²) in [6.45, 7) is 2.98. The number of fused-ring (bicyclic) bond motifs is 4. The number of benzene rings is 1. The van der Waals surface area contributed by atoms with Crippen molar-refractivity contribution in [3.8, 4) is 0 Å².